The topological polar surface area (TPSA) is 61.4 Å². The molecule has 3 N–H and O–H groups in total. The van der Waals surface area contributed by atoms with Crippen molar-refractivity contribution in [1.29, 1.82) is 0 Å². The van der Waals surface area contributed by atoms with Crippen LogP contribution >= 0.6 is 0 Å². The fraction of sp³-hybridized carbons (Fsp3) is 0.900. The molecule has 0 aliphatic carbocycles. The Labute approximate surface area is 93.4 Å². The maximum absolute atomic E-state index is 12.6. The number of aliphatic hydroxyl groups is 1. The first-order valence-corrected chi connectivity index (χ1v) is 5.49. The molecule has 1 unspecified atom stereocenters. The molecule has 1 aliphatic heterocycles. The first-order chi connectivity index (χ1) is 7.53. The van der Waals surface area contributed by atoms with Crippen LogP contribution in [0, 0.1) is 5.92 Å². The van der Waals surface area contributed by atoms with Gasteiger partial charge < -0.3 is 15.7 Å². The van der Waals surface area contributed by atoms with Gasteiger partial charge in [-0.3, -0.25) is 4.79 Å². The number of halogens is 2. The summed E-state index contributed by atoms with van der Waals surface area (Å²) >= 11 is 0. The van der Waals surface area contributed by atoms with Gasteiger partial charge in [0.15, 0.2) is 0 Å². The molecule has 1 fully saturated rings. The van der Waals surface area contributed by atoms with E-state index >= 15 is 0 Å². The van der Waals surface area contributed by atoms with Crippen LogP contribution < -0.4 is 10.6 Å². The van der Waals surface area contributed by atoms with E-state index < -0.39 is 19.1 Å². The lowest BCUT2D eigenvalue weighted by Crippen LogP contribution is -2.39. The van der Waals surface area contributed by atoms with Gasteiger partial charge in [-0.1, -0.05) is 0 Å². The smallest absolute Gasteiger partial charge is 0.287 e. The second-order valence-corrected chi connectivity index (χ2v) is 4.19. The molecular weight excluding hydrogens is 218 g/mol. The predicted octanol–water partition coefficient (Wildman–Crippen LogP) is 0.120. The van der Waals surface area contributed by atoms with Crippen LogP contribution in [0.2, 0.25) is 0 Å². The van der Waals surface area contributed by atoms with Crippen molar-refractivity contribution in [2.24, 2.45) is 5.92 Å². The lowest BCUT2D eigenvalue weighted by Gasteiger charge is -2.14. The fourth-order valence-corrected chi connectivity index (χ4v) is 1.67. The van der Waals surface area contributed by atoms with E-state index in [1.807, 2.05) is 0 Å². The quantitative estimate of drug-likeness (QED) is 0.614. The number of carbonyl (C=O) groups excluding carboxylic acids is 1. The van der Waals surface area contributed by atoms with Crippen LogP contribution in [0.3, 0.4) is 0 Å². The van der Waals surface area contributed by atoms with E-state index in [1.54, 1.807) is 0 Å². The molecule has 6 heteroatoms. The summed E-state index contributed by atoms with van der Waals surface area (Å²) in [5.41, 5.74) is 0. The monoisotopic (exact) mass is 236 g/mol. The number of aliphatic hydroxyl groups excluding tert-OH is 1. The third-order valence-electron chi connectivity index (χ3n) is 2.72. The molecule has 0 bridgehead atoms. The normalized spacial score (nSPS) is 21.1. The number of hydrogen-bond acceptors (Lipinski definition) is 3. The molecule has 1 aliphatic rings. The highest BCUT2D eigenvalue weighted by atomic mass is 19.3. The minimum Gasteiger partial charge on any atom is -0.390 e. The van der Waals surface area contributed by atoms with E-state index in [0.717, 1.165) is 25.9 Å². The van der Waals surface area contributed by atoms with E-state index in [9.17, 15) is 13.6 Å². The van der Waals surface area contributed by atoms with Gasteiger partial charge in [-0.25, -0.2) is 8.78 Å². The Balaban J connectivity index is 2.10. The van der Waals surface area contributed by atoms with Crippen molar-refractivity contribution in [2.45, 2.75) is 25.2 Å². The molecule has 0 radical (unpaired) electrons. The Morgan fingerprint density at radius 2 is 2.31 bits per heavy atom. The second kappa shape index (κ2) is 6.10. The van der Waals surface area contributed by atoms with Crippen LogP contribution in [-0.2, 0) is 4.79 Å². The number of hydrogen-bond donors (Lipinski definition) is 3. The number of carbonyl (C=O) groups is 1. The van der Waals surface area contributed by atoms with Crippen LogP contribution in [0.4, 0.5) is 8.78 Å². The lowest BCUT2D eigenvalue weighted by molar-refractivity contribution is -0.124. The summed E-state index contributed by atoms with van der Waals surface area (Å²) in [6.07, 6.45) is 2.04. The Kier molecular flexibility index (Phi) is 5.08. The van der Waals surface area contributed by atoms with Crippen molar-refractivity contribution >= 4 is 5.91 Å². The van der Waals surface area contributed by atoms with Gasteiger partial charge in [0.25, 0.3) is 5.92 Å². The highest BCUT2D eigenvalue weighted by Gasteiger charge is 2.28. The van der Waals surface area contributed by atoms with E-state index in [-0.39, 0.29) is 12.3 Å². The number of amides is 1. The second-order valence-electron chi connectivity index (χ2n) is 4.19. The van der Waals surface area contributed by atoms with Crippen LogP contribution in [-0.4, -0.2) is 43.2 Å². The standard InChI is InChI=1S/C10H18F2N2O2/c11-10(12,7-15)6-14-9(16)2-1-8-3-4-13-5-8/h8,13,15H,1-7H2,(H,14,16). The zero-order valence-electron chi connectivity index (χ0n) is 9.14. The maximum Gasteiger partial charge on any atom is 0.287 e. The minimum atomic E-state index is -3.22. The highest BCUT2D eigenvalue weighted by molar-refractivity contribution is 5.75. The van der Waals surface area contributed by atoms with Gasteiger partial charge in [0, 0.05) is 6.42 Å². The molecule has 0 aromatic rings. The summed E-state index contributed by atoms with van der Waals surface area (Å²) in [6, 6.07) is 0. The summed E-state index contributed by atoms with van der Waals surface area (Å²) in [5.74, 6) is -3.12. The summed E-state index contributed by atoms with van der Waals surface area (Å²) in [7, 11) is 0. The summed E-state index contributed by atoms with van der Waals surface area (Å²) in [5, 5.41) is 13.6. The van der Waals surface area contributed by atoms with E-state index in [4.69, 9.17) is 5.11 Å². The molecule has 0 spiro atoms. The molecule has 1 atom stereocenters. The summed E-state index contributed by atoms with van der Waals surface area (Å²) < 4.78 is 25.2. The van der Waals surface area contributed by atoms with E-state index in [0.29, 0.717) is 5.92 Å². The molecule has 1 heterocycles. The molecule has 0 aromatic heterocycles. The zero-order valence-corrected chi connectivity index (χ0v) is 9.14. The van der Waals surface area contributed by atoms with Crippen molar-refractivity contribution < 1.29 is 18.7 Å². The summed E-state index contributed by atoms with van der Waals surface area (Å²) in [6.45, 7) is -0.153. The molecule has 0 saturated carbocycles. The Bertz CT molecular complexity index is 231. The molecular formula is C10H18F2N2O2. The van der Waals surface area contributed by atoms with Gasteiger partial charge in [-0.15, -0.1) is 0 Å². The number of rotatable bonds is 6. The number of alkyl halides is 2. The van der Waals surface area contributed by atoms with Crippen LogP contribution in [0.15, 0.2) is 0 Å². The SMILES string of the molecule is O=C(CCC1CCNC1)NCC(F)(F)CO. The lowest BCUT2D eigenvalue weighted by atomic mass is 10.0. The molecule has 1 amide bonds. The van der Waals surface area contributed by atoms with Crippen molar-refractivity contribution in [3.63, 3.8) is 0 Å². The molecule has 0 aromatic carbocycles. The molecule has 94 valence electrons. The first kappa shape index (κ1) is 13.3. The third-order valence-corrected chi connectivity index (χ3v) is 2.72. The maximum atomic E-state index is 12.6. The average molecular weight is 236 g/mol. The first-order valence-electron chi connectivity index (χ1n) is 5.49. The predicted molar refractivity (Wildman–Crippen MR) is 55.3 cm³/mol. The van der Waals surface area contributed by atoms with Gasteiger partial charge in [-0.2, -0.15) is 0 Å². The van der Waals surface area contributed by atoms with E-state index in [1.165, 1.54) is 0 Å². The Morgan fingerprint density at radius 3 is 2.88 bits per heavy atom. The van der Waals surface area contributed by atoms with Gasteiger partial charge in [0.1, 0.15) is 6.61 Å². The fourth-order valence-electron chi connectivity index (χ4n) is 1.67. The summed E-state index contributed by atoms with van der Waals surface area (Å²) in [4.78, 5) is 11.2. The number of nitrogens with one attached hydrogen (secondary N) is 2. The van der Waals surface area contributed by atoms with Crippen molar-refractivity contribution in [2.75, 3.05) is 26.2 Å². The third kappa shape index (κ3) is 4.85. The van der Waals surface area contributed by atoms with Gasteiger partial charge in [0.2, 0.25) is 5.91 Å². The molecule has 1 saturated heterocycles. The van der Waals surface area contributed by atoms with Crippen LogP contribution in [0.25, 0.3) is 0 Å². The van der Waals surface area contributed by atoms with E-state index in [2.05, 4.69) is 10.6 Å². The van der Waals surface area contributed by atoms with Crippen LogP contribution in [0.5, 0.6) is 0 Å². The molecule has 1 rings (SSSR count). The van der Waals surface area contributed by atoms with Gasteiger partial charge in [-0.05, 0) is 31.8 Å². The molecule has 4 nitrogen and oxygen atoms in total. The van der Waals surface area contributed by atoms with Crippen molar-refractivity contribution in [3.8, 4) is 0 Å². The van der Waals surface area contributed by atoms with Gasteiger partial charge >= 0.3 is 0 Å². The largest absolute Gasteiger partial charge is 0.390 e. The van der Waals surface area contributed by atoms with Crippen LogP contribution in [0.1, 0.15) is 19.3 Å². The minimum absolute atomic E-state index is 0.272. The van der Waals surface area contributed by atoms with Gasteiger partial charge in [0.05, 0.1) is 6.54 Å². The zero-order chi connectivity index (χ0) is 12.0. The van der Waals surface area contributed by atoms with Crippen molar-refractivity contribution in [1.82, 2.24) is 10.6 Å². The Morgan fingerprint density at radius 1 is 1.56 bits per heavy atom. The van der Waals surface area contributed by atoms with Crippen molar-refractivity contribution in [3.05, 3.63) is 0 Å². The molecule has 16 heavy (non-hydrogen) atoms. The highest BCUT2D eigenvalue weighted by Crippen LogP contribution is 2.14. The Hall–Kier alpha value is -0.750. The average Bonchev–Trinajstić information content (AvgIpc) is 2.76.